The molecule has 2 nitrogen and oxygen atoms in total. The first kappa shape index (κ1) is 11.5. The molecule has 2 heteroatoms. The molecule has 0 bridgehead atoms. The van der Waals surface area contributed by atoms with Crippen molar-refractivity contribution in [3.63, 3.8) is 0 Å². The van der Waals surface area contributed by atoms with Crippen molar-refractivity contribution in [2.45, 2.75) is 33.1 Å². The molecule has 12 heavy (non-hydrogen) atoms. The minimum atomic E-state index is -0.717. The Morgan fingerprint density at radius 1 is 1.50 bits per heavy atom. The summed E-state index contributed by atoms with van der Waals surface area (Å²) in [4.78, 5) is 10.1. The zero-order valence-corrected chi connectivity index (χ0v) is 7.71. The zero-order valence-electron chi connectivity index (χ0n) is 7.71. The summed E-state index contributed by atoms with van der Waals surface area (Å²) >= 11 is 0. The Bertz CT molecular complexity index is 121. The Kier molecular flexibility index (Phi) is 6.82. The molecule has 68 valence electrons. The van der Waals surface area contributed by atoms with E-state index < -0.39 is 5.97 Å². The van der Waals surface area contributed by atoms with Crippen LogP contribution < -0.4 is 0 Å². The van der Waals surface area contributed by atoms with Gasteiger partial charge in [0.1, 0.15) is 0 Å². The lowest BCUT2D eigenvalue weighted by Gasteiger charge is -2.04. The van der Waals surface area contributed by atoms with Crippen LogP contribution in [0.1, 0.15) is 33.1 Å². The molecule has 0 fully saturated rings. The first-order valence-corrected chi connectivity index (χ1v) is 4.18. The molecular formula is C10H16O2. The van der Waals surface area contributed by atoms with Crippen LogP contribution in [-0.4, -0.2) is 11.1 Å². The van der Waals surface area contributed by atoms with E-state index in [9.17, 15) is 4.79 Å². The van der Waals surface area contributed by atoms with Crippen molar-refractivity contribution in [1.82, 2.24) is 0 Å². The van der Waals surface area contributed by atoms with Crippen LogP contribution in [0.25, 0.3) is 0 Å². The van der Waals surface area contributed by atoms with Crippen molar-refractivity contribution >= 4 is 5.97 Å². The number of carbonyl (C=O) groups is 1. The van der Waals surface area contributed by atoms with Crippen LogP contribution in [0.2, 0.25) is 0 Å². The average molecular weight is 168 g/mol. The van der Waals surface area contributed by atoms with E-state index in [1.807, 2.05) is 33.1 Å². The fraction of sp³-hybridized carbons (Fsp3) is 0.500. The lowest BCUT2D eigenvalue weighted by molar-refractivity contribution is -0.137. The Hall–Kier alpha value is -0.530. The first-order chi connectivity index (χ1) is 5.66. The highest BCUT2D eigenvalue weighted by atomic mass is 16.4. The van der Waals surface area contributed by atoms with Crippen LogP contribution in [0, 0.1) is 25.2 Å². The van der Waals surface area contributed by atoms with Crippen LogP contribution in [0.15, 0.2) is 0 Å². The van der Waals surface area contributed by atoms with Gasteiger partial charge in [0.2, 0.25) is 0 Å². The van der Waals surface area contributed by atoms with Gasteiger partial charge in [-0.3, -0.25) is 4.79 Å². The molecule has 4 radical (unpaired) electrons. The van der Waals surface area contributed by atoms with Crippen molar-refractivity contribution in [1.29, 1.82) is 0 Å². The highest BCUT2D eigenvalue weighted by molar-refractivity contribution is 5.66. The molecule has 0 aliphatic heterocycles. The normalized spacial score (nSPS) is 10.6. The molecule has 0 aromatic rings. The van der Waals surface area contributed by atoms with Gasteiger partial charge in [0.05, 0.1) is 0 Å². The van der Waals surface area contributed by atoms with Gasteiger partial charge in [0, 0.05) is 6.42 Å². The van der Waals surface area contributed by atoms with Gasteiger partial charge in [-0.1, -0.05) is 13.8 Å². The van der Waals surface area contributed by atoms with Gasteiger partial charge in [-0.25, -0.2) is 0 Å². The van der Waals surface area contributed by atoms with Gasteiger partial charge in [-0.05, 0) is 38.0 Å². The smallest absolute Gasteiger partial charge is 0.303 e. The van der Waals surface area contributed by atoms with E-state index in [1.54, 1.807) is 0 Å². The summed E-state index contributed by atoms with van der Waals surface area (Å²) in [5, 5.41) is 8.33. The summed E-state index contributed by atoms with van der Waals surface area (Å²) in [5.74, 6) is 0.497. The molecule has 0 amide bonds. The fourth-order valence-corrected chi connectivity index (χ4v) is 0.737. The maximum absolute atomic E-state index is 10.1. The van der Waals surface area contributed by atoms with Crippen molar-refractivity contribution in [3.05, 3.63) is 25.2 Å². The quantitative estimate of drug-likeness (QED) is 0.593. The average Bonchev–Trinajstić information content (AvgIpc) is 2.03. The van der Waals surface area contributed by atoms with Gasteiger partial charge >= 0.3 is 5.97 Å². The standard InChI is InChI=1S/C10H16O2/c1-3-9(2)7-5-4-6-8-10(11)12/h3,5,7H,4,6,8H2,1-2H3,(H,11,12). The molecular weight excluding hydrogens is 152 g/mol. The van der Waals surface area contributed by atoms with Crippen molar-refractivity contribution in [2.75, 3.05) is 0 Å². The summed E-state index contributed by atoms with van der Waals surface area (Å²) in [7, 11) is 0. The zero-order chi connectivity index (χ0) is 9.40. The van der Waals surface area contributed by atoms with Crippen LogP contribution in [0.5, 0.6) is 0 Å². The molecule has 0 saturated carbocycles. The highest BCUT2D eigenvalue weighted by Gasteiger charge is 2.00. The maximum atomic E-state index is 10.1. The van der Waals surface area contributed by atoms with Crippen LogP contribution in [0.3, 0.4) is 0 Å². The van der Waals surface area contributed by atoms with Gasteiger partial charge in [0.15, 0.2) is 0 Å². The van der Waals surface area contributed by atoms with Gasteiger partial charge in [-0.2, -0.15) is 0 Å². The minimum absolute atomic E-state index is 0.263. The van der Waals surface area contributed by atoms with E-state index in [4.69, 9.17) is 5.11 Å². The Labute approximate surface area is 75.0 Å². The Morgan fingerprint density at radius 2 is 2.17 bits per heavy atom. The second-order valence-electron chi connectivity index (χ2n) is 2.72. The van der Waals surface area contributed by atoms with E-state index >= 15 is 0 Å². The molecule has 0 atom stereocenters. The second-order valence-corrected chi connectivity index (χ2v) is 2.72. The predicted octanol–water partition coefficient (Wildman–Crippen LogP) is 2.47. The van der Waals surface area contributed by atoms with E-state index in [2.05, 4.69) is 0 Å². The summed E-state index contributed by atoms with van der Waals surface area (Å²) in [5.41, 5.74) is 0. The van der Waals surface area contributed by atoms with E-state index in [0.717, 1.165) is 12.8 Å². The van der Waals surface area contributed by atoms with Gasteiger partial charge < -0.3 is 5.11 Å². The molecule has 0 aromatic carbocycles. The third-order valence-corrected chi connectivity index (χ3v) is 1.60. The second kappa shape index (κ2) is 7.14. The van der Waals surface area contributed by atoms with Gasteiger partial charge in [0.25, 0.3) is 0 Å². The van der Waals surface area contributed by atoms with E-state index in [-0.39, 0.29) is 6.42 Å². The number of aliphatic carboxylic acids is 1. The fourth-order valence-electron chi connectivity index (χ4n) is 0.737. The van der Waals surface area contributed by atoms with Crippen molar-refractivity contribution in [3.8, 4) is 0 Å². The molecule has 0 spiro atoms. The molecule has 0 saturated heterocycles. The Balaban J connectivity index is 3.05. The number of carboxylic acids is 1. The van der Waals surface area contributed by atoms with Crippen LogP contribution >= 0.6 is 0 Å². The molecule has 0 aromatic heterocycles. The molecule has 0 rings (SSSR count). The molecule has 0 aliphatic rings. The Morgan fingerprint density at radius 3 is 2.67 bits per heavy atom. The van der Waals surface area contributed by atoms with Crippen LogP contribution in [-0.2, 0) is 4.79 Å². The van der Waals surface area contributed by atoms with Crippen LogP contribution in [0.4, 0.5) is 0 Å². The SMILES string of the molecule is C[CH][C](C)[CH][CH]CCCC(=O)O. The third-order valence-electron chi connectivity index (χ3n) is 1.60. The molecule has 0 unspecified atom stereocenters. The number of hydrogen-bond acceptors (Lipinski definition) is 1. The van der Waals surface area contributed by atoms with E-state index in [1.165, 1.54) is 5.92 Å². The largest absolute Gasteiger partial charge is 0.481 e. The highest BCUT2D eigenvalue weighted by Crippen LogP contribution is 2.11. The minimum Gasteiger partial charge on any atom is -0.481 e. The summed E-state index contributed by atoms with van der Waals surface area (Å²) in [6.45, 7) is 4.00. The molecule has 0 aliphatic carbocycles. The predicted molar refractivity (Wildman–Crippen MR) is 49.0 cm³/mol. The first-order valence-electron chi connectivity index (χ1n) is 4.18. The lowest BCUT2D eigenvalue weighted by atomic mass is 10.0. The van der Waals surface area contributed by atoms with Crippen molar-refractivity contribution in [2.24, 2.45) is 0 Å². The third kappa shape index (κ3) is 7.58. The summed E-state index contributed by atoms with van der Waals surface area (Å²) in [6.07, 6.45) is 7.88. The van der Waals surface area contributed by atoms with Gasteiger partial charge in [-0.15, -0.1) is 0 Å². The molecule has 0 heterocycles. The summed E-state index contributed by atoms with van der Waals surface area (Å²) < 4.78 is 0. The van der Waals surface area contributed by atoms with Crippen molar-refractivity contribution < 1.29 is 9.90 Å². The summed E-state index contributed by atoms with van der Waals surface area (Å²) in [6, 6.07) is 0. The maximum Gasteiger partial charge on any atom is 0.303 e. The monoisotopic (exact) mass is 168 g/mol. The van der Waals surface area contributed by atoms with E-state index in [0.29, 0.717) is 0 Å². The number of hydrogen-bond donors (Lipinski definition) is 1. The topological polar surface area (TPSA) is 37.3 Å². The number of rotatable bonds is 7. The molecule has 1 N–H and O–H groups in total. The number of carboxylic acid groups (broad SMARTS) is 1. The number of unbranched alkanes of at least 4 members (excludes halogenated alkanes) is 2. The lowest BCUT2D eigenvalue weighted by Crippen LogP contribution is -1.95.